The molecule has 0 aromatic carbocycles. The molecule has 2 aliphatic heterocycles. The third kappa shape index (κ3) is 16.9. The molecule has 65 heavy (non-hydrogen) atoms. The SMILES string of the molecule is COCCOCCOCCN(CCOCCOCCOC)C1=CC2OC(C(C)(C)C)=CC(/C=C/C=C3\N(CCCS(=O)(=O)[O-])C4C=CC(S(=O)(=O)[O-])=CC4C3(C)CCCC(=O)O)=C2C=C1. The summed E-state index contributed by atoms with van der Waals surface area (Å²) in [5.41, 5.74) is 2.17. The van der Waals surface area contributed by atoms with Crippen molar-refractivity contribution < 1.29 is 69.0 Å². The Morgan fingerprint density at radius 1 is 0.877 bits per heavy atom. The zero-order valence-corrected chi connectivity index (χ0v) is 40.2. The molecule has 4 aliphatic rings. The molecule has 0 aromatic rings. The molecule has 4 atom stereocenters. The van der Waals surface area contributed by atoms with Crippen LogP contribution < -0.4 is 0 Å². The molecule has 17 nitrogen and oxygen atoms in total. The third-order valence-electron chi connectivity index (χ3n) is 11.5. The average Bonchev–Trinajstić information content (AvgIpc) is 3.46. The van der Waals surface area contributed by atoms with Gasteiger partial charge in [0.05, 0.1) is 87.1 Å². The highest BCUT2D eigenvalue weighted by atomic mass is 32.2. The van der Waals surface area contributed by atoms with Crippen molar-refractivity contribution in [3.05, 3.63) is 94.0 Å². The van der Waals surface area contributed by atoms with Crippen molar-refractivity contribution in [2.45, 2.75) is 65.5 Å². The number of rotatable bonds is 30. The smallest absolute Gasteiger partial charge is 0.303 e. The van der Waals surface area contributed by atoms with E-state index in [-0.39, 0.29) is 36.1 Å². The van der Waals surface area contributed by atoms with Gasteiger partial charge in [-0.1, -0.05) is 58.1 Å². The molecule has 0 spiro atoms. The highest BCUT2D eigenvalue weighted by molar-refractivity contribution is 7.90. The van der Waals surface area contributed by atoms with Crippen LogP contribution >= 0.6 is 0 Å². The van der Waals surface area contributed by atoms with E-state index in [1.807, 2.05) is 48.3 Å². The van der Waals surface area contributed by atoms with Gasteiger partial charge in [-0.25, -0.2) is 16.8 Å². The van der Waals surface area contributed by atoms with E-state index in [4.69, 9.17) is 33.2 Å². The van der Waals surface area contributed by atoms with Gasteiger partial charge in [0.2, 0.25) is 0 Å². The second-order valence-electron chi connectivity index (χ2n) is 17.3. The lowest BCUT2D eigenvalue weighted by atomic mass is 9.70. The second kappa shape index (κ2) is 25.5. The fourth-order valence-corrected chi connectivity index (χ4v) is 9.20. The van der Waals surface area contributed by atoms with E-state index in [9.17, 15) is 35.8 Å². The molecule has 0 aromatic heterocycles. The Hall–Kier alpha value is -3.63. The Morgan fingerprint density at radius 3 is 2.03 bits per heavy atom. The summed E-state index contributed by atoms with van der Waals surface area (Å²) in [6.45, 7) is 14.1. The zero-order chi connectivity index (χ0) is 47.7. The van der Waals surface area contributed by atoms with Crippen molar-refractivity contribution in [2.24, 2.45) is 16.7 Å². The lowest BCUT2D eigenvalue weighted by Crippen LogP contribution is -2.33. The van der Waals surface area contributed by atoms with Crippen LogP contribution in [0.2, 0.25) is 0 Å². The Morgan fingerprint density at radius 2 is 1.48 bits per heavy atom. The van der Waals surface area contributed by atoms with Crippen molar-refractivity contribution in [1.82, 2.24) is 9.80 Å². The first-order valence-electron chi connectivity index (χ1n) is 22.0. The Labute approximate surface area is 385 Å². The van der Waals surface area contributed by atoms with Crippen LogP contribution in [0.25, 0.3) is 0 Å². The fourth-order valence-electron chi connectivity index (χ4n) is 8.16. The van der Waals surface area contributed by atoms with E-state index >= 15 is 0 Å². The van der Waals surface area contributed by atoms with Gasteiger partial charge in [-0.05, 0) is 55.2 Å². The monoisotopic (exact) mass is 952 g/mol. The number of ether oxygens (including phenoxy) is 7. The van der Waals surface area contributed by atoms with Crippen LogP contribution in [0.1, 0.15) is 53.4 Å². The summed E-state index contributed by atoms with van der Waals surface area (Å²) in [5, 5.41) is 9.52. The summed E-state index contributed by atoms with van der Waals surface area (Å²) in [5.74, 6) is -1.40. The van der Waals surface area contributed by atoms with Crippen molar-refractivity contribution in [2.75, 3.05) is 106 Å². The fraction of sp³-hybridized carbons (Fsp3) is 0.630. The molecular formula is C46H68N2O15S2-2. The predicted molar refractivity (Wildman–Crippen MR) is 242 cm³/mol. The van der Waals surface area contributed by atoms with Crippen LogP contribution in [0.15, 0.2) is 94.0 Å². The van der Waals surface area contributed by atoms with Crippen LogP contribution in [-0.2, 0) is 58.2 Å². The maximum atomic E-state index is 12.2. The minimum atomic E-state index is -4.82. The Balaban J connectivity index is 1.67. The number of hydrogen-bond acceptors (Lipinski definition) is 16. The summed E-state index contributed by atoms with van der Waals surface area (Å²) in [4.78, 5) is 15.4. The normalized spacial score (nSPS) is 22.8. The highest BCUT2D eigenvalue weighted by Crippen LogP contribution is 2.54. The molecular weight excluding hydrogens is 885 g/mol. The van der Waals surface area contributed by atoms with Crippen LogP contribution in [0.3, 0.4) is 0 Å². The van der Waals surface area contributed by atoms with Gasteiger partial charge in [-0.15, -0.1) is 0 Å². The summed E-state index contributed by atoms with van der Waals surface area (Å²) in [6.07, 6.45) is 18.1. The molecule has 4 unspecified atom stereocenters. The van der Waals surface area contributed by atoms with E-state index in [2.05, 4.69) is 31.7 Å². The van der Waals surface area contributed by atoms with Gasteiger partial charge in [0.1, 0.15) is 22.0 Å². The first kappa shape index (κ1) is 54.0. The van der Waals surface area contributed by atoms with Crippen molar-refractivity contribution in [1.29, 1.82) is 0 Å². The maximum absolute atomic E-state index is 12.2. The lowest BCUT2D eigenvalue weighted by Gasteiger charge is -2.35. The van der Waals surface area contributed by atoms with E-state index in [1.165, 1.54) is 12.2 Å². The van der Waals surface area contributed by atoms with Crippen molar-refractivity contribution >= 4 is 26.2 Å². The van der Waals surface area contributed by atoms with E-state index < -0.39 is 55.4 Å². The van der Waals surface area contributed by atoms with Gasteiger partial charge in [-0.2, -0.15) is 0 Å². The largest absolute Gasteiger partial charge is 0.748 e. The molecule has 1 fully saturated rings. The van der Waals surface area contributed by atoms with Gasteiger partial charge < -0.3 is 57.2 Å². The van der Waals surface area contributed by atoms with Crippen molar-refractivity contribution in [3.63, 3.8) is 0 Å². The van der Waals surface area contributed by atoms with Crippen molar-refractivity contribution in [3.8, 4) is 0 Å². The molecule has 4 rings (SSSR count). The lowest BCUT2D eigenvalue weighted by molar-refractivity contribution is -0.137. The summed E-state index contributed by atoms with van der Waals surface area (Å²) in [6, 6.07) is -0.488. The Bertz CT molecular complexity index is 2040. The number of carbonyl (C=O) groups is 1. The number of allylic oxidation sites excluding steroid dienone is 9. The first-order chi connectivity index (χ1) is 30.8. The predicted octanol–water partition coefficient (Wildman–Crippen LogP) is 4.66. The molecule has 1 saturated heterocycles. The number of carboxylic acids is 1. The number of methoxy groups -OCH3 is 2. The van der Waals surface area contributed by atoms with Crippen LogP contribution in [-0.4, -0.2) is 165 Å². The van der Waals surface area contributed by atoms with Crippen LogP contribution in [0, 0.1) is 16.7 Å². The minimum Gasteiger partial charge on any atom is -0.748 e. The van der Waals surface area contributed by atoms with Crippen LogP contribution in [0.4, 0.5) is 0 Å². The molecule has 19 heteroatoms. The molecule has 0 radical (unpaired) electrons. The molecule has 1 N–H and O–H groups in total. The van der Waals surface area contributed by atoms with Gasteiger partial charge in [-0.3, -0.25) is 4.79 Å². The average molecular weight is 953 g/mol. The van der Waals surface area contributed by atoms with Gasteiger partial charge in [0, 0.05) is 79.7 Å². The van der Waals surface area contributed by atoms with Gasteiger partial charge in [0.25, 0.3) is 0 Å². The number of hydrogen-bond donors (Lipinski definition) is 1. The number of aliphatic carboxylic acids is 1. The number of carboxylic acid groups (broad SMARTS) is 1. The molecule has 2 aliphatic carbocycles. The second-order valence-corrected chi connectivity index (χ2v) is 20.2. The molecule has 366 valence electrons. The van der Waals surface area contributed by atoms with E-state index in [1.54, 1.807) is 20.3 Å². The highest BCUT2D eigenvalue weighted by Gasteiger charge is 2.51. The van der Waals surface area contributed by atoms with E-state index in [0.717, 1.165) is 22.6 Å². The summed E-state index contributed by atoms with van der Waals surface area (Å²) < 4.78 is 111. The number of nitrogens with zero attached hydrogens (tertiary/aromatic N) is 2. The van der Waals surface area contributed by atoms with Crippen LogP contribution in [0.5, 0.6) is 0 Å². The summed E-state index contributed by atoms with van der Waals surface area (Å²) >= 11 is 0. The third-order valence-corrected chi connectivity index (χ3v) is 13.2. The molecule has 2 heterocycles. The van der Waals surface area contributed by atoms with E-state index in [0.29, 0.717) is 91.3 Å². The topological polar surface area (TPSA) is 223 Å². The minimum absolute atomic E-state index is 0.00109. The maximum Gasteiger partial charge on any atom is 0.303 e. The molecule has 0 bridgehead atoms. The quantitative estimate of drug-likeness (QED) is 0.0764. The first-order valence-corrected chi connectivity index (χ1v) is 25.0. The standard InChI is InChI=1S/C46H70N2O15S2/c1-45(2,3)43-32-35(38-15-13-36(33-41(38)63-43)47(19-21-59-27-29-61-25-23-57-5)20-22-60-28-30-62-26-24-58-6)10-7-11-42-46(4,17-8-12-44(49)50)39-34-37(65(54,55)56)14-16-40(39)48(42)18-9-31-64(51,52)53/h7,10-11,13-16,32-34,39-41H,8-9,12,17-31H2,1-6H3,(H,49,50)(H,51,52,53)(H,54,55,56)/p-2/b10-7+,42-11-. The number of fused-ring (bicyclic) bond motifs is 2. The Kier molecular flexibility index (Phi) is 21.2. The van der Waals surface area contributed by atoms with Gasteiger partial charge >= 0.3 is 5.97 Å². The zero-order valence-electron chi connectivity index (χ0n) is 38.6. The molecule has 0 amide bonds. The summed E-state index contributed by atoms with van der Waals surface area (Å²) in [7, 11) is -6.10. The number of likely N-dealkylation sites (tertiary alicyclic amines) is 1. The van der Waals surface area contributed by atoms with Gasteiger partial charge in [0.15, 0.2) is 0 Å². The molecule has 0 saturated carbocycles.